The van der Waals surface area contributed by atoms with Crippen LogP contribution in [0.3, 0.4) is 0 Å². The molecule has 3 aromatic carbocycles. The minimum Gasteiger partial charge on any atom is -0.496 e. The highest BCUT2D eigenvalue weighted by atomic mass is 16.5. The first-order valence-electron chi connectivity index (χ1n) is 10.9. The summed E-state index contributed by atoms with van der Waals surface area (Å²) in [6.45, 7) is 6.66. The Morgan fingerprint density at radius 3 is 2.38 bits per heavy atom. The van der Waals surface area contributed by atoms with Gasteiger partial charge in [-0.2, -0.15) is 0 Å². The number of methoxy groups -OCH3 is 1. The first-order valence-corrected chi connectivity index (χ1v) is 10.9. The Balaban J connectivity index is 1.82. The van der Waals surface area contributed by atoms with Crippen molar-refractivity contribution in [3.05, 3.63) is 78.5 Å². The van der Waals surface area contributed by atoms with Gasteiger partial charge in [-0.05, 0) is 35.2 Å². The molecule has 0 saturated heterocycles. The summed E-state index contributed by atoms with van der Waals surface area (Å²) in [6.07, 6.45) is 1.90. The molecule has 3 aromatic heterocycles. The van der Waals surface area contributed by atoms with Gasteiger partial charge in [0.25, 0.3) is 0 Å². The number of pyridine rings is 1. The van der Waals surface area contributed by atoms with E-state index in [9.17, 15) is 0 Å². The van der Waals surface area contributed by atoms with Gasteiger partial charge in [0.2, 0.25) is 0 Å². The van der Waals surface area contributed by atoms with Gasteiger partial charge in [-0.15, -0.1) is 0 Å². The van der Waals surface area contributed by atoms with Gasteiger partial charge in [0.15, 0.2) is 0 Å². The fraction of sp³-hybridized carbons (Fsp3) is 0.179. The van der Waals surface area contributed by atoms with E-state index in [0.717, 1.165) is 55.3 Å². The molecular weight excluding hydrogens is 396 g/mol. The first-order chi connectivity index (χ1) is 15.5. The van der Waals surface area contributed by atoms with Crippen molar-refractivity contribution in [3.8, 4) is 11.6 Å². The Hall–Kier alpha value is -3.79. The molecule has 0 bridgehead atoms. The minimum absolute atomic E-state index is 0.0279. The van der Waals surface area contributed by atoms with Crippen molar-refractivity contribution >= 4 is 43.7 Å². The normalized spacial score (nSPS) is 12.4. The monoisotopic (exact) mass is 420 g/mol. The van der Waals surface area contributed by atoms with Crippen LogP contribution in [0.2, 0.25) is 0 Å². The van der Waals surface area contributed by atoms with Crippen molar-refractivity contribution in [1.29, 1.82) is 0 Å². The van der Waals surface area contributed by atoms with E-state index in [-0.39, 0.29) is 5.41 Å². The summed E-state index contributed by atoms with van der Waals surface area (Å²) < 4.78 is 14.5. The second kappa shape index (κ2) is 6.60. The van der Waals surface area contributed by atoms with Gasteiger partial charge in [0.1, 0.15) is 22.7 Å². The van der Waals surface area contributed by atoms with Crippen molar-refractivity contribution in [2.24, 2.45) is 0 Å². The predicted octanol–water partition coefficient (Wildman–Crippen LogP) is 7.38. The average Bonchev–Trinajstić information content (AvgIpc) is 3.34. The lowest BCUT2D eigenvalue weighted by Crippen LogP contribution is -2.12. The summed E-state index contributed by atoms with van der Waals surface area (Å²) in [5.41, 5.74) is 5.09. The van der Waals surface area contributed by atoms with Crippen molar-refractivity contribution in [2.75, 3.05) is 7.11 Å². The minimum atomic E-state index is 0.0279. The second-order valence-corrected chi connectivity index (χ2v) is 9.28. The molecule has 0 aliphatic carbocycles. The molecule has 0 saturated carbocycles. The molecule has 0 fully saturated rings. The van der Waals surface area contributed by atoms with Gasteiger partial charge >= 0.3 is 0 Å². The van der Waals surface area contributed by atoms with Crippen LogP contribution in [0.15, 0.2) is 77.3 Å². The SMILES string of the molecule is COc1cc2c(c3ccccc3n2-c2cc(C(C)(C)C)ccn2)c2oc3ccccc3c12. The summed E-state index contributed by atoms with van der Waals surface area (Å²) in [5.74, 6) is 1.69. The van der Waals surface area contributed by atoms with Crippen molar-refractivity contribution < 1.29 is 9.15 Å². The van der Waals surface area contributed by atoms with E-state index in [1.165, 1.54) is 5.56 Å². The molecule has 0 radical (unpaired) electrons. The zero-order valence-electron chi connectivity index (χ0n) is 18.6. The van der Waals surface area contributed by atoms with E-state index in [1.54, 1.807) is 7.11 Å². The van der Waals surface area contributed by atoms with Crippen LogP contribution in [0.5, 0.6) is 5.75 Å². The van der Waals surface area contributed by atoms with Crippen LogP contribution in [0.25, 0.3) is 49.6 Å². The van der Waals surface area contributed by atoms with Crippen LogP contribution >= 0.6 is 0 Å². The molecule has 0 atom stereocenters. The molecule has 158 valence electrons. The highest BCUT2D eigenvalue weighted by Gasteiger charge is 2.23. The Bertz CT molecular complexity index is 1650. The highest BCUT2D eigenvalue weighted by Crippen LogP contribution is 2.44. The maximum atomic E-state index is 6.43. The predicted molar refractivity (Wildman–Crippen MR) is 131 cm³/mol. The van der Waals surface area contributed by atoms with Crippen molar-refractivity contribution in [3.63, 3.8) is 0 Å². The fourth-order valence-electron chi connectivity index (χ4n) is 4.71. The van der Waals surface area contributed by atoms with Gasteiger partial charge in [-0.3, -0.25) is 4.57 Å². The molecule has 0 N–H and O–H groups in total. The zero-order valence-corrected chi connectivity index (χ0v) is 18.6. The number of hydrogen-bond acceptors (Lipinski definition) is 3. The van der Waals surface area contributed by atoms with E-state index in [0.29, 0.717) is 0 Å². The lowest BCUT2D eigenvalue weighted by atomic mass is 9.88. The molecule has 32 heavy (non-hydrogen) atoms. The molecule has 0 aliphatic heterocycles. The Morgan fingerprint density at radius 1 is 0.844 bits per heavy atom. The standard InChI is InChI=1S/C28H24N2O2/c1-28(2,3)17-13-14-29-24(15-17)30-20-11-7-5-9-18(20)25-21(30)16-23(31-4)26-19-10-6-8-12-22(19)32-27(25)26/h5-16H,1-4H3. The lowest BCUT2D eigenvalue weighted by Gasteiger charge is -2.20. The van der Waals surface area contributed by atoms with Gasteiger partial charge in [-0.1, -0.05) is 57.2 Å². The quantitative estimate of drug-likeness (QED) is 0.293. The average molecular weight is 421 g/mol. The molecule has 0 unspecified atom stereocenters. The van der Waals surface area contributed by atoms with E-state index >= 15 is 0 Å². The van der Waals surface area contributed by atoms with Crippen LogP contribution in [-0.2, 0) is 5.41 Å². The third-order valence-corrected chi connectivity index (χ3v) is 6.31. The number of furan rings is 1. The van der Waals surface area contributed by atoms with Crippen LogP contribution < -0.4 is 4.74 Å². The van der Waals surface area contributed by atoms with Gasteiger partial charge < -0.3 is 9.15 Å². The number of rotatable bonds is 2. The Labute approximate surface area is 186 Å². The molecule has 4 nitrogen and oxygen atoms in total. The molecular formula is C28H24N2O2. The first kappa shape index (κ1) is 18.9. The molecule has 6 aromatic rings. The molecule has 4 heteroatoms. The molecule has 0 aliphatic rings. The number of fused-ring (bicyclic) bond motifs is 7. The smallest absolute Gasteiger partial charge is 0.149 e. The number of benzene rings is 3. The van der Waals surface area contributed by atoms with Gasteiger partial charge in [-0.25, -0.2) is 4.98 Å². The van der Waals surface area contributed by atoms with E-state index in [2.05, 4.69) is 73.9 Å². The summed E-state index contributed by atoms with van der Waals surface area (Å²) in [4.78, 5) is 4.77. The number of nitrogens with zero attached hydrogens (tertiary/aromatic N) is 2. The molecule has 6 rings (SSSR count). The summed E-state index contributed by atoms with van der Waals surface area (Å²) >= 11 is 0. The molecule has 0 amide bonds. The third-order valence-electron chi connectivity index (χ3n) is 6.31. The van der Waals surface area contributed by atoms with E-state index < -0.39 is 0 Å². The van der Waals surface area contributed by atoms with Crippen LogP contribution in [0, 0.1) is 0 Å². The Morgan fingerprint density at radius 2 is 1.59 bits per heavy atom. The van der Waals surface area contributed by atoms with E-state index in [1.807, 2.05) is 24.4 Å². The van der Waals surface area contributed by atoms with Crippen LogP contribution in [0.1, 0.15) is 26.3 Å². The number of hydrogen-bond donors (Lipinski definition) is 0. The fourth-order valence-corrected chi connectivity index (χ4v) is 4.71. The summed E-state index contributed by atoms with van der Waals surface area (Å²) in [7, 11) is 1.72. The van der Waals surface area contributed by atoms with Crippen molar-refractivity contribution in [2.45, 2.75) is 26.2 Å². The largest absolute Gasteiger partial charge is 0.496 e. The van der Waals surface area contributed by atoms with Crippen LogP contribution in [0.4, 0.5) is 0 Å². The third kappa shape index (κ3) is 2.59. The van der Waals surface area contributed by atoms with Crippen molar-refractivity contribution in [1.82, 2.24) is 9.55 Å². The Kier molecular flexibility index (Phi) is 3.91. The maximum Gasteiger partial charge on any atom is 0.149 e. The van der Waals surface area contributed by atoms with Gasteiger partial charge in [0.05, 0.1) is 28.9 Å². The molecule has 3 heterocycles. The lowest BCUT2D eigenvalue weighted by molar-refractivity contribution is 0.420. The van der Waals surface area contributed by atoms with E-state index in [4.69, 9.17) is 14.1 Å². The maximum absolute atomic E-state index is 6.43. The summed E-state index contributed by atoms with van der Waals surface area (Å²) in [5, 5.41) is 4.29. The zero-order chi connectivity index (χ0) is 22.0. The topological polar surface area (TPSA) is 40.2 Å². The second-order valence-electron chi connectivity index (χ2n) is 9.28. The number of ether oxygens (including phenoxy) is 1. The summed E-state index contributed by atoms with van der Waals surface area (Å²) in [6, 6.07) is 23.0. The number of para-hydroxylation sites is 2. The number of aromatic nitrogens is 2. The highest BCUT2D eigenvalue weighted by molar-refractivity contribution is 6.25. The molecule has 0 spiro atoms. The van der Waals surface area contributed by atoms with Gasteiger partial charge in [0, 0.05) is 23.0 Å². The van der Waals surface area contributed by atoms with Crippen LogP contribution in [-0.4, -0.2) is 16.7 Å².